The zero-order valence-corrected chi connectivity index (χ0v) is 21.0. The summed E-state index contributed by atoms with van der Waals surface area (Å²) in [6.07, 6.45) is 1.48. The molecule has 0 atom stereocenters. The van der Waals surface area contributed by atoms with Gasteiger partial charge in [0.15, 0.2) is 18.1 Å². The Kier molecular flexibility index (Phi) is 8.15. The van der Waals surface area contributed by atoms with E-state index in [0.29, 0.717) is 35.0 Å². The van der Waals surface area contributed by atoms with Crippen molar-refractivity contribution >= 4 is 28.9 Å². The van der Waals surface area contributed by atoms with Crippen LogP contribution in [-0.4, -0.2) is 31.3 Å². The summed E-state index contributed by atoms with van der Waals surface area (Å²) in [7, 11) is 0. The van der Waals surface area contributed by atoms with E-state index in [4.69, 9.17) is 14.2 Å². The fraction of sp³-hybridized carbons (Fsp3) is 0.167. The summed E-state index contributed by atoms with van der Waals surface area (Å²) in [5.41, 5.74) is 5.66. The van der Waals surface area contributed by atoms with Crippen LogP contribution in [0.2, 0.25) is 0 Å². The van der Waals surface area contributed by atoms with Crippen LogP contribution in [0.3, 0.4) is 0 Å². The molecule has 4 aromatic carbocycles. The molecule has 1 N–H and O–H groups in total. The number of fused-ring (bicyclic) bond motifs is 1. The van der Waals surface area contributed by atoms with Crippen molar-refractivity contribution in [3.63, 3.8) is 0 Å². The van der Waals surface area contributed by atoms with Crippen molar-refractivity contribution in [2.45, 2.75) is 20.8 Å². The van der Waals surface area contributed by atoms with Crippen LogP contribution in [0.1, 0.15) is 34.0 Å². The number of benzene rings is 4. The van der Waals surface area contributed by atoms with Crippen molar-refractivity contribution in [1.29, 1.82) is 0 Å². The second-order valence-corrected chi connectivity index (χ2v) is 8.41. The van der Waals surface area contributed by atoms with Crippen LogP contribution in [0.15, 0.2) is 84.0 Å². The fourth-order valence-electron chi connectivity index (χ4n) is 3.83. The van der Waals surface area contributed by atoms with Crippen LogP contribution in [0.4, 0.5) is 0 Å². The predicted molar refractivity (Wildman–Crippen MR) is 144 cm³/mol. The third-order valence-corrected chi connectivity index (χ3v) is 5.57. The first-order valence-electron chi connectivity index (χ1n) is 11.9. The van der Waals surface area contributed by atoms with E-state index in [1.54, 1.807) is 24.3 Å². The number of hydrogen-bond acceptors (Lipinski definition) is 6. The number of hydrogen-bond donors (Lipinski definition) is 1. The van der Waals surface area contributed by atoms with Gasteiger partial charge in [0.1, 0.15) is 5.75 Å². The molecule has 4 aromatic rings. The molecule has 0 fully saturated rings. The van der Waals surface area contributed by atoms with E-state index in [9.17, 15) is 9.59 Å². The number of ether oxygens (including phenoxy) is 3. The van der Waals surface area contributed by atoms with Crippen LogP contribution in [-0.2, 0) is 4.79 Å². The number of aryl methyl sites for hydroxylation is 2. The van der Waals surface area contributed by atoms with Crippen molar-refractivity contribution in [2.75, 3.05) is 13.2 Å². The normalized spacial score (nSPS) is 10.9. The number of nitrogens with one attached hydrogen (secondary N) is 1. The topological polar surface area (TPSA) is 86.2 Å². The van der Waals surface area contributed by atoms with E-state index < -0.39 is 5.97 Å². The lowest BCUT2D eigenvalue weighted by Crippen LogP contribution is -2.24. The van der Waals surface area contributed by atoms with Crippen molar-refractivity contribution < 1.29 is 23.8 Å². The second-order valence-electron chi connectivity index (χ2n) is 8.41. The number of nitrogens with zero attached hydrogens (tertiary/aromatic N) is 1. The Morgan fingerprint density at radius 3 is 2.46 bits per heavy atom. The standard InChI is InChI=1S/C30H28N2O5/c1-4-35-28-17-22(18-31-32-29(33)19-36-26-14-12-20(2)16-21(26)3)13-15-27(28)37-30(34)25-11-7-9-23-8-5-6-10-24(23)25/h5-18H,4,19H2,1-3H3,(H,32,33)/b31-18+. The van der Waals surface area contributed by atoms with Crippen molar-refractivity contribution in [1.82, 2.24) is 5.43 Å². The summed E-state index contributed by atoms with van der Waals surface area (Å²) < 4.78 is 16.9. The maximum Gasteiger partial charge on any atom is 0.344 e. The first-order valence-corrected chi connectivity index (χ1v) is 11.9. The van der Waals surface area contributed by atoms with Crippen LogP contribution in [0.25, 0.3) is 10.8 Å². The highest BCUT2D eigenvalue weighted by molar-refractivity contribution is 6.05. The molecule has 0 bridgehead atoms. The van der Waals surface area contributed by atoms with Gasteiger partial charge in [-0.1, -0.05) is 54.1 Å². The summed E-state index contributed by atoms with van der Waals surface area (Å²) in [6.45, 7) is 5.99. The third kappa shape index (κ3) is 6.52. The number of carbonyl (C=O) groups is 2. The van der Waals surface area contributed by atoms with E-state index in [0.717, 1.165) is 21.9 Å². The van der Waals surface area contributed by atoms with Gasteiger partial charge >= 0.3 is 5.97 Å². The minimum absolute atomic E-state index is 0.158. The Morgan fingerprint density at radius 1 is 0.865 bits per heavy atom. The Labute approximate surface area is 215 Å². The van der Waals surface area contributed by atoms with E-state index in [-0.39, 0.29) is 12.5 Å². The quantitative estimate of drug-likeness (QED) is 0.141. The molecular weight excluding hydrogens is 468 g/mol. The number of amides is 1. The molecule has 7 nitrogen and oxygen atoms in total. The van der Waals surface area contributed by atoms with E-state index in [1.807, 2.05) is 75.4 Å². The highest BCUT2D eigenvalue weighted by Crippen LogP contribution is 2.30. The lowest BCUT2D eigenvalue weighted by atomic mass is 10.0. The molecule has 4 rings (SSSR count). The molecule has 0 aromatic heterocycles. The van der Waals surface area contributed by atoms with Gasteiger partial charge in [0.05, 0.1) is 18.4 Å². The molecule has 0 saturated carbocycles. The zero-order chi connectivity index (χ0) is 26.2. The Balaban J connectivity index is 1.40. The number of rotatable bonds is 9. The maximum atomic E-state index is 13.0. The second kappa shape index (κ2) is 11.9. The summed E-state index contributed by atoms with van der Waals surface area (Å²) in [6, 6.07) is 23.9. The molecular formula is C30H28N2O5. The van der Waals surface area contributed by atoms with E-state index >= 15 is 0 Å². The van der Waals surface area contributed by atoms with Gasteiger partial charge in [-0.2, -0.15) is 5.10 Å². The van der Waals surface area contributed by atoms with Crippen molar-refractivity contribution in [2.24, 2.45) is 5.10 Å². The van der Waals surface area contributed by atoms with Gasteiger partial charge in [0.25, 0.3) is 5.91 Å². The minimum Gasteiger partial charge on any atom is -0.490 e. The molecule has 7 heteroatoms. The minimum atomic E-state index is -0.477. The van der Waals surface area contributed by atoms with Gasteiger partial charge in [0, 0.05) is 0 Å². The first kappa shape index (κ1) is 25.4. The first-order chi connectivity index (χ1) is 17.9. The molecule has 37 heavy (non-hydrogen) atoms. The third-order valence-electron chi connectivity index (χ3n) is 5.57. The predicted octanol–water partition coefficient (Wildman–Crippen LogP) is 5.60. The van der Waals surface area contributed by atoms with Crippen molar-refractivity contribution in [3.05, 3.63) is 101 Å². The lowest BCUT2D eigenvalue weighted by molar-refractivity contribution is -0.123. The average Bonchev–Trinajstić information content (AvgIpc) is 2.89. The SMILES string of the molecule is CCOc1cc(/C=N/NC(=O)COc2ccc(C)cc2C)ccc1OC(=O)c1cccc2ccccc12. The highest BCUT2D eigenvalue weighted by atomic mass is 16.6. The van der Waals surface area contributed by atoms with Gasteiger partial charge in [0.2, 0.25) is 0 Å². The van der Waals surface area contributed by atoms with Crippen LogP contribution >= 0.6 is 0 Å². The lowest BCUT2D eigenvalue weighted by Gasteiger charge is -2.12. The molecule has 0 saturated heterocycles. The number of esters is 1. The van der Waals surface area contributed by atoms with Gasteiger partial charge in [-0.25, -0.2) is 10.2 Å². The van der Waals surface area contributed by atoms with E-state index in [1.165, 1.54) is 6.21 Å². The molecule has 0 aliphatic heterocycles. The Hall–Kier alpha value is -4.65. The number of carbonyl (C=O) groups excluding carboxylic acids is 2. The molecule has 0 aliphatic carbocycles. The van der Waals surface area contributed by atoms with Gasteiger partial charge in [-0.05, 0) is 73.0 Å². The molecule has 188 valence electrons. The Morgan fingerprint density at radius 2 is 1.65 bits per heavy atom. The van der Waals surface area contributed by atoms with Gasteiger partial charge < -0.3 is 14.2 Å². The molecule has 0 spiro atoms. The Bertz CT molecular complexity index is 1460. The smallest absolute Gasteiger partial charge is 0.344 e. The van der Waals surface area contributed by atoms with Crippen molar-refractivity contribution in [3.8, 4) is 17.2 Å². The summed E-state index contributed by atoms with van der Waals surface area (Å²) in [5, 5.41) is 5.76. The summed E-state index contributed by atoms with van der Waals surface area (Å²) >= 11 is 0. The van der Waals surface area contributed by atoms with Crippen LogP contribution in [0.5, 0.6) is 17.2 Å². The van der Waals surface area contributed by atoms with Crippen LogP contribution < -0.4 is 19.6 Å². The largest absolute Gasteiger partial charge is 0.490 e. The fourth-order valence-corrected chi connectivity index (χ4v) is 3.83. The van der Waals surface area contributed by atoms with E-state index in [2.05, 4.69) is 10.5 Å². The average molecular weight is 497 g/mol. The zero-order valence-electron chi connectivity index (χ0n) is 21.0. The number of hydrazone groups is 1. The summed E-state index contributed by atoms with van der Waals surface area (Å²) in [5.74, 6) is 0.476. The molecule has 1 amide bonds. The monoisotopic (exact) mass is 496 g/mol. The molecule has 0 aliphatic rings. The van der Waals surface area contributed by atoms with Gasteiger partial charge in [-0.3, -0.25) is 4.79 Å². The summed E-state index contributed by atoms with van der Waals surface area (Å²) in [4.78, 5) is 25.1. The molecule has 0 unspecified atom stereocenters. The maximum absolute atomic E-state index is 13.0. The highest BCUT2D eigenvalue weighted by Gasteiger charge is 2.15. The molecule has 0 radical (unpaired) electrons. The van der Waals surface area contributed by atoms with Gasteiger partial charge in [-0.15, -0.1) is 0 Å². The molecule has 0 heterocycles. The van der Waals surface area contributed by atoms with Crippen LogP contribution in [0, 0.1) is 13.8 Å².